The minimum absolute atomic E-state index is 0.253. The van der Waals surface area contributed by atoms with Gasteiger partial charge < -0.3 is 10.4 Å². The lowest BCUT2D eigenvalue weighted by atomic mass is 9.79. The summed E-state index contributed by atoms with van der Waals surface area (Å²) >= 11 is 0. The predicted molar refractivity (Wildman–Crippen MR) is 77.3 cm³/mol. The first kappa shape index (κ1) is 15.9. The van der Waals surface area contributed by atoms with Crippen molar-refractivity contribution in [1.29, 1.82) is 0 Å². The Morgan fingerprint density at radius 1 is 1.43 bits per heavy atom. The Hall–Kier alpha value is -1.53. The number of nitrogens with one attached hydrogen (secondary N) is 1. The van der Waals surface area contributed by atoms with E-state index in [1.165, 1.54) is 12.1 Å². The molecule has 1 aliphatic rings. The zero-order valence-corrected chi connectivity index (χ0v) is 12.1. The zero-order chi connectivity index (χ0) is 15.5. The molecular formula is C15H21FN2O3. The summed E-state index contributed by atoms with van der Waals surface area (Å²) < 4.78 is 13.3. The van der Waals surface area contributed by atoms with Gasteiger partial charge in [0.2, 0.25) is 0 Å². The van der Waals surface area contributed by atoms with Crippen molar-refractivity contribution in [3.8, 4) is 0 Å². The normalized spacial score (nSPS) is 25.8. The number of non-ortho nitro benzene ring substituents is 1. The molecule has 1 saturated carbocycles. The molecular weight excluding hydrogens is 275 g/mol. The van der Waals surface area contributed by atoms with Gasteiger partial charge in [-0.2, -0.15) is 0 Å². The van der Waals surface area contributed by atoms with Crippen molar-refractivity contribution >= 4 is 5.69 Å². The SMILES string of the molecule is CC1CCC(O)(CNCc2cc(F)cc([N+](=O)[O-])c2)CC1. The highest BCUT2D eigenvalue weighted by Gasteiger charge is 2.31. The molecule has 116 valence electrons. The van der Waals surface area contributed by atoms with Gasteiger partial charge in [0.05, 0.1) is 16.6 Å². The predicted octanol–water partition coefficient (Wildman–Crippen LogP) is 2.76. The topological polar surface area (TPSA) is 75.4 Å². The van der Waals surface area contributed by atoms with E-state index >= 15 is 0 Å². The molecule has 0 atom stereocenters. The second-order valence-corrected chi connectivity index (χ2v) is 6.09. The van der Waals surface area contributed by atoms with Crippen LogP contribution >= 0.6 is 0 Å². The fraction of sp³-hybridized carbons (Fsp3) is 0.600. The van der Waals surface area contributed by atoms with Crippen LogP contribution in [0.5, 0.6) is 0 Å². The minimum Gasteiger partial charge on any atom is -0.389 e. The molecule has 0 radical (unpaired) electrons. The summed E-state index contributed by atoms with van der Waals surface area (Å²) in [7, 11) is 0. The second kappa shape index (κ2) is 6.49. The van der Waals surface area contributed by atoms with Crippen molar-refractivity contribution in [1.82, 2.24) is 5.32 Å². The molecule has 2 rings (SSSR count). The smallest absolute Gasteiger partial charge is 0.272 e. The van der Waals surface area contributed by atoms with Crippen LogP contribution in [0.4, 0.5) is 10.1 Å². The summed E-state index contributed by atoms with van der Waals surface area (Å²) in [6.45, 7) is 2.90. The number of benzene rings is 1. The van der Waals surface area contributed by atoms with Crippen molar-refractivity contribution < 1.29 is 14.4 Å². The standard InChI is InChI=1S/C15H21FN2O3/c1-11-2-4-15(19,5-3-11)10-17-9-12-6-13(16)8-14(7-12)18(20)21/h6-8,11,17,19H,2-5,9-10H2,1H3. The summed E-state index contributed by atoms with van der Waals surface area (Å²) in [4.78, 5) is 10.1. The van der Waals surface area contributed by atoms with Gasteiger partial charge in [-0.25, -0.2) is 4.39 Å². The molecule has 0 bridgehead atoms. The van der Waals surface area contributed by atoms with Crippen LogP contribution in [0.3, 0.4) is 0 Å². The van der Waals surface area contributed by atoms with E-state index in [4.69, 9.17) is 0 Å². The third-order valence-electron chi connectivity index (χ3n) is 4.14. The number of nitro benzene ring substituents is 1. The van der Waals surface area contributed by atoms with Gasteiger partial charge >= 0.3 is 0 Å². The fourth-order valence-electron chi connectivity index (χ4n) is 2.76. The van der Waals surface area contributed by atoms with Crippen LogP contribution in [0.1, 0.15) is 38.2 Å². The first-order valence-corrected chi connectivity index (χ1v) is 7.25. The van der Waals surface area contributed by atoms with Crippen molar-refractivity contribution in [2.45, 2.75) is 44.8 Å². The number of halogens is 1. The molecule has 5 nitrogen and oxygen atoms in total. The van der Waals surface area contributed by atoms with Gasteiger partial charge in [0, 0.05) is 19.2 Å². The van der Waals surface area contributed by atoms with Gasteiger partial charge in [0.1, 0.15) is 5.82 Å². The maximum Gasteiger partial charge on any atom is 0.272 e. The molecule has 1 fully saturated rings. The average Bonchev–Trinajstić information content (AvgIpc) is 2.42. The average molecular weight is 296 g/mol. The van der Waals surface area contributed by atoms with Gasteiger partial charge in [-0.15, -0.1) is 0 Å². The molecule has 1 aromatic carbocycles. The molecule has 0 spiro atoms. The summed E-state index contributed by atoms with van der Waals surface area (Å²) in [6, 6.07) is 3.52. The van der Waals surface area contributed by atoms with Gasteiger partial charge in [-0.05, 0) is 43.2 Å². The molecule has 0 saturated heterocycles. The number of aliphatic hydroxyl groups is 1. The van der Waals surface area contributed by atoms with Crippen LogP contribution in [0.15, 0.2) is 18.2 Å². The van der Waals surface area contributed by atoms with E-state index < -0.39 is 16.3 Å². The van der Waals surface area contributed by atoms with Gasteiger partial charge in [-0.1, -0.05) is 6.92 Å². The Morgan fingerprint density at radius 3 is 2.71 bits per heavy atom. The van der Waals surface area contributed by atoms with E-state index in [0.717, 1.165) is 31.7 Å². The van der Waals surface area contributed by atoms with E-state index in [-0.39, 0.29) is 5.69 Å². The van der Waals surface area contributed by atoms with E-state index in [2.05, 4.69) is 12.2 Å². The zero-order valence-electron chi connectivity index (χ0n) is 12.1. The van der Waals surface area contributed by atoms with E-state index in [0.29, 0.717) is 24.6 Å². The van der Waals surface area contributed by atoms with Crippen LogP contribution < -0.4 is 5.32 Å². The first-order chi connectivity index (χ1) is 9.88. The van der Waals surface area contributed by atoms with E-state index in [1.807, 2.05) is 0 Å². The van der Waals surface area contributed by atoms with Crippen LogP contribution in [-0.2, 0) is 6.54 Å². The quantitative estimate of drug-likeness (QED) is 0.647. The largest absolute Gasteiger partial charge is 0.389 e. The van der Waals surface area contributed by atoms with Crippen LogP contribution in [0.2, 0.25) is 0 Å². The molecule has 0 unspecified atom stereocenters. The van der Waals surface area contributed by atoms with Crippen LogP contribution in [0.25, 0.3) is 0 Å². The summed E-state index contributed by atoms with van der Waals surface area (Å²) in [6.07, 6.45) is 3.52. The molecule has 6 heteroatoms. The monoisotopic (exact) mass is 296 g/mol. The summed E-state index contributed by atoms with van der Waals surface area (Å²) in [5.41, 5.74) is -0.460. The van der Waals surface area contributed by atoms with E-state index in [9.17, 15) is 19.6 Å². The summed E-state index contributed by atoms with van der Waals surface area (Å²) in [5.74, 6) is 0.0300. The molecule has 0 amide bonds. The number of nitro groups is 1. The first-order valence-electron chi connectivity index (χ1n) is 7.25. The van der Waals surface area contributed by atoms with Crippen molar-refractivity contribution in [3.63, 3.8) is 0 Å². The van der Waals surface area contributed by atoms with Crippen LogP contribution in [0, 0.1) is 21.8 Å². The Kier molecular flexibility index (Phi) is 4.90. The number of hydrogen-bond donors (Lipinski definition) is 2. The van der Waals surface area contributed by atoms with E-state index in [1.54, 1.807) is 0 Å². The Labute approximate surface area is 123 Å². The molecule has 2 N–H and O–H groups in total. The molecule has 1 aromatic rings. The third kappa shape index (κ3) is 4.47. The summed E-state index contributed by atoms with van der Waals surface area (Å²) in [5, 5.41) is 24.2. The molecule has 0 aliphatic heterocycles. The fourth-order valence-corrected chi connectivity index (χ4v) is 2.76. The highest BCUT2D eigenvalue weighted by Crippen LogP contribution is 2.31. The number of rotatable bonds is 5. The number of hydrogen-bond acceptors (Lipinski definition) is 4. The maximum absolute atomic E-state index is 13.3. The van der Waals surface area contributed by atoms with Gasteiger partial charge in [0.15, 0.2) is 0 Å². The lowest BCUT2D eigenvalue weighted by molar-refractivity contribution is -0.385. The highest BCUT2D eigenvalue weighted by molar-refractivity contribution is 5.35. The molecule has 0 heterocycles. The lowest BCUT2D eigenvalue weighted by Crippen LogP contribution is -2.43. The second-order valence-electron chi connectivity index (χ2n) is 6.09. The molecule has 0 aromatic heterocycles. The Morgan fingerprint density at radius 2 is 2.10 bits per heavy atom. The van der Waals surface area contributed by atoms with Crippen LogP contribution in [-0.4, -0.2) is 22.2 Å². The van der Waals surface area contributed by atoms with Crippen molar-refractivity contribution in [2.75, 3.05) is 6.54 Å². The third-order valence-corrected chi connectivity index (χ3v) is 4.14. The van der Waals surface area contributed by atoms with Gasteiger partial charge in [-0.3, -0.25) is 10.1 Å². The maximum atomic E-state index is 13.3. The van der Waals surface area contributed by atoms with Crippen molar-refractivity contribution in [2.24, 2.45) is 5.92 Å². The molecule has 1 aliphatic carbocycles. The highest BCUT2D eigenvalue weighted by atomic mass is 19.1. The number of nitrogens with zero attached hydrogens (tertiary/aromatic N) is 1. The van der Waals surface area contributed by atoms with Crippen molar-refractivity contribution in [3.05, 3.63) is 39.7 Å². The van der Waals surface area contributed by atoms with Gasteiger partial charge in [0.25, 0.3) is 5.69 Å². The lowest BCUT2D eigenvalue weighted by Gasteiger charge is -2.35. The Bertz CT molecular complexity index is 514. The Balaban J connectivity index is 1.90. The molecule has 21 heavy (non-hydrogen) atoms. The minimum atomic E-state index is -0.716.